The Labute approximate surface area is 139 Å². The number of amides is 3. The van der Waals surface area contributed by atoms with Gasteiger partial charge in [0.15, 0.2) is 0 Å². The van der Waals surface area contributed by atoms with Crippen molar-refractivity contribution in [2.75, 3.05) is 26.0 Å². The SMILES string of the molecule is CNC(=O)c1ccc(NC(=O)N(C)CC(C)c2nccs2)cc1. The Hall–Kier alpha value is -2.41. The third-order valence-electron chi connectivity index (χ3n) is 3.39. The molecule has 0 spiro atoms. The highest BCUT2D eigenvalue weighted by Crippen LogP contribution is 2.18. The van der Waals surface area contributed by atoms with Gasteiger partial charge in [-0.3, -0.25) is 4.79 Å². The van der Waals surface area contributed by atoms with E-state index in [9.17, 15) is 9.59 Å². The summed E-state index contributed by atoms with van der Waals surface area (Å²) in [5.74, 6) is 0.0265. The monoisotopic (exact) mass is 332 g/mol. The fourth-order valence-corrected chi connectivity index (χ4v) is 2.81. The molecular formula is C16H20N4O2S. The van der Waals surface area contributed by atoms with Crippen molar-refractivity contribution in [3.05, 3.63) is 46.4 Å². The highest BCUT2D eigenvalue weighted by atomic mass is 32.1. The Morgan fingerprint density at radius 3 is 2.57 bits per heavy atom. The van der Waals surface area contributed by atoms with E-state index in [0.29, 0.717) is 17.8 Å². The molecule has 0 fully saturated rings. The van der Waals surface area contributed by atoms with E-state index >= 15 is 0 Å². The molecular weight excluding hydrogens is 312 g/mol. The van der Waals surface area contributed by atoms with E-state index in [0.717, 1.165) is 5.01 Å². The number of likely N-dealkylation sites (N-methyl/N-ethyl adjacent to an activating group) is 1. The van der Waals surface area contributed by atoms with Gasteiger partial charge in [0.05, 0.1) is 5.01 Å². The first-order chi connectivity index (χ1) is 11.0. The van der Waals surface area contributed by atoms with Crippen LogP contribution in [-0.2, 0) is 0 Å². The molecule has 3 amide bonds. The predicted octanol–water partition coefficient (Wildman–Crippen LogP) is 2.77. The standard InChI is InChI=1S/C16H20N4O2S/c1-11(15-18-8-9-23-15)10-20(3)16(22)19-13-6-4-12(5-7-13)14(21)17-2/h4-9,11H,10H2,1-3H3,(H,17,21)(H,19,22). The first-order valence-corrected chi connectivity index (χ1v) is 8.13. The number of aromatic nitrogens is 1. The third kappa shape index (κ3) is 4.53. The van der Waals surface area contributed by atoms with Crippen LogP contribution in [0.15, 0.2) is 35.8 Å². The van der Waals surface area contributed by atoms with Crippen LogP contribution in [0.2, 0.25) is 0 Å². The van der Waals surface area contributed by atoms with Gasteiger partial charge in [0.2, 0.25) is 0 Å². The summed E-state index contributed by atoms with van der Waals surface area (Å²) in [6.45, 7) is 2.62. The van der Waals surface area contributed by atoms with Crippen LogP contribution in [0.25, 0.3) is 0 Å². The van der Waals surface area contributed by atoms with Crippen LogP contribution < -0.4 is 10.6 Å². The first kappa shape index (κ1) is 17.0. The molecule has 1 unspecified atom stereocenters. The van der Waals surface area contributed by atoms with Crippen LogP contribution in [0, 0.1) is 0 Å². The van der Waals surface area contributed by atoms with E-state index in [-0.39, 0.29) is 17.9 Å². The van der Waals surface area contributed by atoms with Crippen LogP contribution in [0.5, 0.6) is 0 Å². The normalized spacial score (nSPS) is 11.6. The summed E-state index contributed by atoms with van der Waals surface area (Å²) in [5, 5.41) is 8.31. The molecule has 1 aromatic carbocycles. The van der Waals surface area contributed by atoms with E-state index < -0.39 is 0 Å². The molecule has 7 heteroatoms. The maximum absolute atomic E-state index is 12.2. The van der Waals surface area contributed by atoms with Crippen molar-refractivity contribution >= 4 is 29.0 Å². The number of nitrogens with zero attached hydrogens (tertiary/aromatic N) is 2. The zero-order valence-electron chi connectivity index (χ0n) is 13.4. The largest absolute Gasteiger partial charge is 0.355 e. The predicted molar refractivity (Wildman–Crippen MR) is 92.0 cm³/mol. The minimum absolute atomic E-state index is 0.155. The number of hydrogen-bond acceptors (Lipinski definition) is 4. The van der Waals surface area contributed by atoms with Crippen molar-refractivity contribution in [3.8, 4) is 0 Å². The minimum Gasteiger partial charge on any atom is -0.355 e. The summed E-state index contributed by atoms with van der Waals surface area (Å²) in [6.07, 6.45) is 1.77. The van der Waals surface area contributed by atoms with Gasteiger partial charge in [0, 0.05) is 49.4 Å². The minimum atomic E-state index is -0.193. The van der Waals surface area contributed by atoms with Crippen molar-refractivity contribution < 1.29 is 9.59 Å². The summed E-state index contributed by atoms with van der Waals surface area (Å²) in [6, 6.07) is 6.57. The molecule has 2 rings (SSSR count). The Bertz CT molecular complexity index is 655. The molecule has 0 aliphatic carbocycles. The molecule has 0 saturated heterocycles. The van der Waals surface area contributed by atoms with Gasteiger partial charge in [0.25, 0.3) is 5.91 Å². The molecule has 0 saturated carbocycles. The molecule has 1 atom stereocenters. The smallest absolute Gasteiger partial charge is 0.321 e. The van der Waals surface area contributed by atoms with Gasteiger partial charge in [-0.25, -0.2) is 9.78 Å². The lowest BCUT2D eigenvalue weighted by atomic mass is 10.2. The van der Waals surface area contributed by atoms with Crippen molar-refractivity contribution in [1.82, 2.24) is 15.2 Å². The molecule has 1 heterocycles. The number of urea groups is 1. The quantitative estimate of drug-likeness (QED) is 0.884. The fourth-order valence-electron chi connectivity index (χ4n) is 2.12. The van der Waals surface area contributed by atoms with Gasteiger partial charge in [-0.1, -0.05) is 6.92 Å². The lowest BCUT2D eigenvalue weighted by Gasteiger charge is -2.21. The Morgan fingerprint density at radius 2 is 2.00 bits per heavy atom. The summed E-state index contributed by atoms with van der Waals surface area (Å²) >= 11 is 1.59. The molecule has 0 bridgehead atoms. The molecule has 2 aromatic rings. The fraction of sp³-hybridized carbons (Fsp3) is 0.312. The lowest BCUT2D eigenvalue weighted by molar-refractivity contribution is 0.0963. The van der Waals surface area contributed by atoms with E-state index in [1.165, 1.54) is 0 Å². The van der Waals surface area contributed by atoms with E-state index in [2.05, 4.69) is 15.6 Å². The van der Waals surface area contributed by atoms with Crippen molar-refractivity contribution in [2.45, 2.75) is 12.8 Å². The molecule has 122 valence electrons. The van der Waals surface area contributed by atoms with Crippen LogP contribution in [0.4, 0.5) is 10.5 Å². The molecule has 1 aromatic heterocycles. The Morgan fingerprint density at radius 1 is 1.30 bits per heavy atom. The van der Waals surface area contributed by atoms with Crippen LogP contribution >= 0.6 is 11.3 Å². The van der Waals surface area contributed by atoms with E-state index in [4.69, 9.17) is 0 Å². The average Bonchev–Trinajstić information content (AvgIpc) is 3.09. The second-order valence-corrected chi connectivity index (χ2v) is 6.16. The number of thiazole rings is 1. The number of carbonyl (C=O) groups excluding carboxylic acids is 2. The van der Waals surface area contributed by atoms with Gasteiger partial charge in [-0.05, 0) is 24.3 Å². The summed E-state index contributed by atoms with van der Waals surface area (Å²) in [5.41, 5.74) is 1.20. The van der Waals surface area contributed by atoms with Crippen LogP contribution in [0.3, 0.4) is 0 Å². The van der Waals surface area contributed by atoms with Crippen LogP contribution in [-0.4, -0.2) is 42.5 Å². The van der Waals surface area contributed by atoms with Gasteiger partial charge >= 0.3 is 6.03 Å². The number of carbonyl (C=O) groups is 2. The summed E-state index contributed by atoms with van der Waals surface area (Å²) < 4.78 is 0. The number of hydrogen-bond donors (Lipinski definition) is 2. The maximum atomic E-state index is 12.2. The van der Waals surface area contributed by atoms with E-state index in [1.807, 2.05) is 12.3 Å². The number of benzene rings is 1. The lowest BCUT2D eigenvalue weighted by Crippen LogP contribution is -2.34. The number of rotatable bonds is 5. The zero-order chi connectivity index (χ0) is 16.8. The van der Waals surface area contributed by atoms with Crippen molar-refractivity contribution in [2.24, 2.45) is 0 Å². The van der Waals surface area contributed by atoms with Gasteiger partial charge in [-0.2, -0.15) is 0 Å². The molecule has 0 aliphatic rings. The van der Waals surface area contributed by atoms with Gasteiger partial charge in [-0.15, -0.1) is 11.3 Å². The summed E-state index contributed by atoms with van der Waals surface area (Å²) in [7, 11) is 3.33. The van der Waals surface area contributed by atoms with Gasteiger partial charge < -0.3 is 15.5 Å². The molecule has 0 radical (unpaired) electrons. The van der Waals surface area contributed by atoms with Crippen molar-refractivity contribution in [3.63, 3.8) is 0 Å². The molecule has 23 heavy (non-hydrogen) atoms. The number of nitrogens with one attached hydrogen (secondary N) is 2. The molecule has 0 aliphatic heterocycles. The summed E-state index contributed by atoms with van der Waals surface area (Å²) in [4.78, 5) is 29.6. The number of anilines is 1. The first-order valence-electron chi connectivity index (χ1n) is 7.25. The van der Waals surface area contributed by atoms with Gasteiger partial charge in [0.1, 0.15) is 0 Å². The van der Waals surface area contributed by atoms with E-state index in [1.54, 1.807) is 60.8 Å². The Balaban J connectivity index is 1.91. The van der Waals surface area contributed by atoms with Crippen LogP contribution in [0.1, 0.15) is 28.2 Å². The third-order valence-corrected chi connectivity index (χ3v) is 4.40. The second kappa shape index (κ2) is 7.73. The topological polar surface area (TPSA) is 74.3 Å². The average molecular weight is 332 g/mol. The maximum Gasteiger partial charge on any atom is 0.321 e. The highest BCUT2D eigenvalue weighted by molar-refractivity contribution is 7.09. The molecule has 2 N–H and O–H groups in total. The molecule has 6 nitrogen and oxygen atoms in total. The zero-order valence-corrected chi connectivity index (χ0v) is 14.2. The second-order valence-electron chi connectivity index (χ2n) is 5.24. The van der Waals surface area contributed by atoms with Crippen molar-refractivity contribution in [1.29, 1.82) is 0 Å². The highest BCUT2D eigenvalue weighted by Gasteiger charge is 2.15. The Kier molecular flexibility index (Phi) is 5.70.